The first kappa shape index (κ1) is 20.6. The second-order valence-corrected chi connectivity index (χ2v) is 9.06. The van der Waals surface area contributed by atoms with Gasteiger partial charge in [0, 0.05) is 5.38 Å². The highest BCUT2D eigenvalue weighted by atomic mass is 35.5. The number of carbonyl (C=O) groups excluding carboxylic acids is 1. The van der Waals surface area contributed by atoms with Crippen LogP contribution in [0.5, 0.6) is 5.75 Å². The number of benzene rings is 1. The number of rotatable bonds is 6. The van der Waals surface area contributed by atoms with E-state index in [1.807, 2.05) is 0 Å². The van der Waals surface area contributed by atoms with E-state index in [4.69, 9.17) is 23.2 Å². The molecule has 0 spiro atoms. The number of amides is 2. The van der Waals surface area contributed by atoms with Gasteiger partial charge < -0.3 is 20.8 Å². The van der Waals surface area contributed by atoms with Gasteiger partial charge in [-0.25, -0.2) is 4.79 Å². The van der Waals surface area contributed by atoms with Gasteiger partial charge in [-0.05, 0) is 36.9 Å². The summed E-state index contributed by atoms with van der Waals surface area (Å²) in [5, 5.41) is 27.4. The average molecular weight is 448 g/mol. The number of carbonyl (C=O) groups is 1. The van der Waals surface area contributed by atoms with Gasteiger partial charge in [0.2, 0.25) is 0 Å². The molecule has 0 atom stereocenters. The molecular weight excluding hydrogens is 429 g/mol. The summed E-state index contributed by atoms with van der Waals surface area (Å²) in [6.45, 7) is 0.0556. The smallest absolute Gasteiger partial charge is 0.323 e. The summed E-state index contributed by atoms with van der Waals surface area (Å²) < 4.78 is 3.90. The first-order valence-corrected chi connectivity index (χ1v) is 10.8. The molecule has 5 N–H and O–H groups in total. The Hall–Kier alpha value is -1.16. The Kier molecular flexibility index (Phi) is 6.78. The van der Waals surface area contributed by atoms with Crippen LogP contribution in [0, 0.1) is 0 Å². The first-order valence-electron chi connectivity index (χ1n) is 8.31. The predicted molar refractivity (Wildman–Crippen MR) is 112 cm³/mol. The molecule has 146 valence electrons. The van der Waals surface area contributed by atoms with Gasteiger partial charge in [0.25, 0.3) is 0 Å². The van der Waals surface area contributed by atoms with Crippen LogP contribution in [0.1, 0.15) is 25.7 Å². The van der Waals surface area contributed by atoms with Crippen LogP contribution in [0.15, 0.2) is 27.8 Å². The van der Waals surface area contributed by atoms with Crippen molar-refractivity contribution in [3.8, 4) is 5.75 Å². The largest absolute Gasteiger partial charge is 0.504 e. The fourth-order valence-electron chi connectivity index (χ4n) is 2.87. The summed E-state index contributed by atoms with van der Waals surface area (Å²) >= 11 is 14.6. The SMILES string of the molecule is O=C(Nc1csc(SNC2(CO)CCCC2)c1O)Nc1cccc(Cl)c1Cl. The lowest BCUT2D eigenvalue weighted by Gasteiger charge is -2.26. The summed E-state index contributed by atoms with van der Waals surface area (Å²) in [6, 6.07) is 4.38. The third-order valence-corrected chi connectivity index (χ3v) is 7.44. The number of aromatic hydroxyl groups is 1. The minimum Gasteiger partial charge on any atom is -0.504 e. The van der Waals surface area contributed by atoms with Gasteiger partial charge in [0.15, 0.2) is 5.75 Å². The molecule has 0 saturated heterocycles. The van der Waals surface area contributed by atoms with E-state index in [9.17, 15) is 15.0 Å². The lowest BCUT2D eigenvalue weighted by Crippen LogP contribution is -2.41. The number of nitrogens with one attached hydrogen (secondary N) is 3. The molecule has 3 rings (SSSR count). The Morgan fingerprint density at radius 1 is 1.22 bits per heavy atom. The van der Waals surface area contributed by atoms with Gasteiger partial charge in [0.05, 0.1) is 33.6 Å². The van der Waals surface area contributed by atoms with Gasteiger partial charge in [-0.2, -0.15) is 0 Å². The minimum atomic E-state index is -0.542. The highest BCUT2D eigenvalue weighted by molar-refractivity contribution is 7.99. The monoisotopic (exact) mass is 447 g/mol. The Labute approximate surface area is 175 Å². The molecule has 27 heavy (non-hydrogen) atoms. The second-order valence-electron chi connectivity index (χ2n) is 6.32. The van der Waals surface area contributed by atoms with Gasteiger partial charge in [-0.3, -0.25) is 4.72 Å². The molecule has 1 saturated carbocycles. The predicted octanol–water partition coefficient (Wildman–Crippen LogP) is 5.31. The number of hydrogen-bond donors (Lipinski definition) is 5. The quantitative estimate of drug-likeness (QED) is 0.387. The van der Waals surface area contributed by atoms with Crippen LogP contribution < -0.4 is 15.4 Å². The van der Waals surface area contributed by atoms with Crippen LogP contribution in [-0.4, -0.2) is 28.4 Å². The van der Waals surface area contributed by atoms with E-state index in [2.05, 4.69) is 15.4 Å². The zero-order chi connectivity index (χ0) is 19.4. The number of urea groups is 1. The Bertz CT molecular complexity index is 826. The Morgan fingerprint density at radius 2 is 1.93 bits per heavy atom. The van der Waals surface area contributed by atoms with Crippen molar-refractivity contribution in [1.29, 1.82) is 0 Å². The Balaban J connectivity index is 1.61. The molecule has 0 unspecified atom stereocenters. The van der Waals surface area contributed by atoms with Crippen molar-refractivity contribution in [3.05, 3.63) is 33.6 Å². The molecule has 2 aromatic rings. The number of hydrogen-bond acceptors (Lipinski definition) is 6. The second kappa shape index (κ2) is 8.89. The fourth-order valence-corrected chi connectivity index (χ4v) is 5.08. The maximum absolute atomic E-state index is 12.2. The third kappa shape index (κ3) is 4.82. The lowest BCUT2D eigenvalue weighted by atomic mass is 10.0. The van der Waals surface area contributed by atoms with Crippen molar-refractivity contribution in [1.82, 2.24) is 4.72 Å². The van der Waals surface area contributed by atoms with Crippen molar-refractivity contribution in [2.24, 2.45) is 0 Å². The van der Waals surface area contributed by atoms with Crippen LogP contribution in [0.2, 0.25) is 10.0 Å². The summed E-state index contributed by atoms with van der Waals surface area (Å²) in [4.78, 5) is 12.2. The van der Waals surface area contributed by atoms with E-state index in [0.717, 1.165) is 25.7 Å². The van der Waals surface area contributed by atoms with Gasteiger partial charge in [-0.1, -0.05) is 42.1 Å². The topological polar surface area (TPSA) is 93.6 Å². The number of anilines is 2. The highest BCUT2D eigenvalue weighted by Crippen LogP contribution is 2.42. The van der Waals surface area contributed by atoms with Crippen LogP contribution in [0.4, 0.5) is 16.2 Å². The fraction of sp³-hybridized carbons (Fsp3) is 0.353. The van der Waals surface area contributed by atoms with Gasteiger partial charge in [0.1, 0.15) is 4.21 Å². The van der Waals surface area contributed by atoms with Gasteiger partial charge in [-0.15, -0.1) is 11.3 Å². The van der Waals surface area contributed by atoms with Crippen LogP contribution in [0.3, 0.4) is 0 Å². The number of aliphatic hydroxyl groups is 1. The van der Waals surface area contributed by atoms with E-state index in [0.29, 0.717) is 20.6 Å². The van der Waals surface area contributed by atoms with E-state index >= 15 is 0 Å². The molecule has 0 aliphatic heterocycles. The van der Waals surface area contributed by atoms with Crippen LogP contribution in [0.25, 0.3) is 0 Å². The van der Waals surface area contributed by atoms with E-state index in [1.54, 1.807) is 23.6 Å². The van der Waals surface area contributed by atoms with Gasteiger partial charge >= 0.3 is 6.03 Å². The highest BCUT2D eigenvalue weighted by Gasteiger charge is 2.33. The molecule has 1 aliphatic rings. The molecular formula is C17H19Cl2N3O3S2. The zero-order valence-electron chi connectivity index (χ0n) is 14.2. The molecule has 1 fully saturated rings. The van der Waals surface area contributed by atoms with Crippen LogP contribution >= 0.6 is 46.5 Å². The molecule has 2 amide bonds. The van der Waals surface area contributed by atoms with Crippen LogP contribution in [-0.2, 0) is 0 Å². The number of halogens is 2. The molecule has 6 nitrogen and oxygen atoms in total. The van der Waals surface area contributed by atoms with Crippen molar-refractivity contribution in [2.45, 2.75) is 35.4 Å². The van der Waals surface area contributed by atoms with Crippen molar-refractivity contribution >= 4 is 63.9 Å². The summed E-state index contributed by atoms with van der Waals surface area (Å²) in [5.41, 5.74) is 0.359. The maximum atomic E-state index is 12.2. The number of thiophene rings is 1. The van der Waals surface area contributed by atoms with E-state index in [1.165, 1.54) is 23.3 Å². The minimum absolute atomic E-state index is 0.0177. The summed E-state index contributed by atoms with van der Waals surface area (Å²) in [7, 11) is 0. The third-order valence-electron chi connectivity index (χ3n) is 4.40. The molecule has 1 aromatic heterocycles. The molecule has 0 bridgehead atoms. The molecule has 1 heterocycles. The number of aliphatic hydroxyl groups excluding tert-OH is 1. The maximum Gasteiger partial charge on any atom is 0.323 e. The molecule has 10 heteroatoms. The summed E-state index contributed by atoms with van der Waals surface area (Å²) in [6.07, 6.45) is 3.94. The standard InChI is InChI=1S/C17H19Cl2N3O3S2/c18-10-4-3-5-11(13(10)19)20-16(25)21-12-8-26-15(14(12)24)27-22-17(9-23)6-1-2-7-17/h3-5,8,22-24H,1-2,6-7,9H2,(H2,20,21,25). The molecule has 0 radical (unpaired) electrons. The first-order chi connectivity index (χ1) is 12.9. The molecule has 1 aromatic carbocycles. The zero-order valence-corrected chi connectivity index (χ0v) is 17.4. The van der Waals surface area contributed by atoms with Crippen molar-refractivity contribution in [3.63, 3.8) is 0 Å². The van der Waals surface area contributed by atoms with E-state index < -0.39 is 6.03 Å². The average Bonchev–Trinajstić information content (AvgIpc) is 3.26. The summed E-state index contributed by atoms with van der Waals surface area (Å²) in [5.74, 6) is -0.0177. The molecule has 1 aliphatic carbocycles. The van der Waals surface area contributed by atoms with E-state index in [-0.39, 0.29) is 22.9 Å². The normalized spacial score (nSPS) is 15.7. The van der Waals surface area contributed by atoms with Crippen molar-refractivity contribution in [2.75, 3.05) is 17.2 Å². The Morgan fingerprint density at radius 3 is 2.63 bits per heavy atom. The lowest BCUT2D eigenvalue weighted by molar-refractivity contribution is 0.188. The van der Waals surface area contributed by atoms with Crippen molar-refractivity contribution < 1.29 is 15.0 Å².